The van der Waals surface area contributed by atoms with E-state index in [9.17, 15) is 9.50 Å². The lowest BCUT2D eigenvalue weighted by Crippen LogP contribution is -2.25. The van der Waals surface area contributed by atoms with E-state index in [4.69, 9.17) is 0 Å². The maximum Gasteiger partial charge on any atom is 0.129 e. The van der Waals surface area contributed by atoms with Crippen LogP contribution >= 0.6 is 0 Å². The molecule has 1 aromatic rings. The van der Waals surface area contributed by atoms with Crippen LogP contribution in [0.3, 0.4) is 0 Å². The average Bonchev–Trinajstić information content (AvgIpc) is 2.71. The summed E-state index contributed by atoms with van der Waals surface area (Å²) in [6, 6.07) is 6.44. The van der Waals surface area contributed by atoms with Gasteiger partial charge in [-0.3, -0.25) is 0 Å². The highest BCUT2D eigenvalue weighted by Crippen LogP contribution is 2.19. The minimum absolute atomic E-state index is 0.316. The van der Waals surface area contributed by atoms with Crippen LogP contribution in [0, 0.1) is 5.82 Å². The molecule has 0 saturated carbocycles. The molecule has 0 bridgehead atoms. The number of hydrogen-bond donors (Lipinski definition) is 1. The molecule has 15 heavy (non-hydrogen) atoms. The third kappa shape index (κ3) is 2.55. The summed E-state index contributed by atoms with van der Waals surface area (Å²) in [5.74, 6) is -0.316. The van der Waals surface area contributed by atoms with Crippen molar-refractivity contribution in [3.63, 3.8) is 0 Å². The van der Waals surface area contributed by atoms with Crippen molar-refractivity contribution in [3.8, 4) is 0 Å². The molecule has 0 aromatic heterocycles. The van der Waals surface area contributed by atoms with Gasteiger partial charge in [0.2, 0.25) is 0 Å². The van der Waals surface area contributed by atoms with Gasteiger partial charge in [0, 0.05) is 12.1 Å². The van der Waals surface area contributed by atoms with Crippen molar-refractivity contribution >= 4 is 0 Å². The van der Waals surface area contributed by atoms with Gasteiger partial charge in [-0.2, -0.15) is 0 Å². The van der Waals surface area contributed by atoms with E-state index in [-0.39, 0.29) is 5.82 Å². The van der Waals surface area contributed by atoms with Crippen LogP contribution in [0.1, 0.15) is 24.5 Å². The molecule has 1 atom stereocenters. The van der Waals surface area contributed by atoms with Gasteiger partial charge in [-0.05, 0) is 32.0 Å². The summed E-state index contributed by atoms with van der Waals surface area (Å²) in [6.07, 6.45) is 1.66. The van der Waals surface area contributed by atoms with Crippen molar-refractivity contribution in [2.75, 3.05) is 19.6 Å². The smallest absolute Gasteiger partial charge is 0.129 e. The van der Waals surface area contributed by atoms with Crippen molar-refractivity contribution < 1.29 is 9.50 Å². The minimum Gasteiger partial charge on any atom is -0.387 e. The Balaban J connectivity index is 2.00. The molecule has 1 saturated heterocycles. The number of likely N-dealkylation sites (tertiary alicyclic amines) is 1. The molecule has 1 aliphatic rings. The first-order valence-corrected chi connectivity index (χ1v) is 5.42. The highest BCUT2D eigenvalue weighted by atomic mass is 19.1. The Morgan fingerprint density at radius 3 is 2.60 bits per heavy atom. The van der Waals surface area contributed by atoms with E-state index in [1.807, 2.05) is 0 Å². The second kappa shape index (κ2) is 4.73. The predicted molar refractivity (Wildman–Crippen MR) is 57.0 cm³/mol. The number of nitrogens with zero attached hydrogens (tertiary/aromatic N) is 1. The quantitative estimate of drug-likeness (QED) is 0.822. The predicted octanol–water partition coefficient (Wildman–Crippen LogP) is 1.95. The fourth-order valence-corrected chi connectivity index (χ4v) is 2.05. The Bertz CT molecular complexity index is 323. The fourth-order valence-electron chi connectivity index (χ4n) is 2.05. The van der Waals surface area contributed by atoms with Gasteiger partial charge in [-0.25, -0.2) is 4.39 Å². The second-order valence-electron chi connectivity index (χ2n) is 4.05. The van der Waals surface area contributed by atoms with Crippen LogP contribution in [0.4, 0.5) is 4.39 Å². The maximum atomic E-state index is 13.3. The first-order chi connectivity index (χ1) is 7.27. The number of halogens is 1. The zero-order chi connectivity index (χ0) is 10.7. The van der Waals surface area contributed by atoms with Crippen molar-refractivity contribution in [3.05, 3.63) is 35.6 Å². The van der Waals surface area contributed by atoms with Crippen LogP contribution in [0.5, 0.6) is 0 Å². The molecule has 1 N–H and O–H groups in total. The van der Waals surface area contributed by atoms with Gasteiger partial charge < -0.3 is 10.0 Å². The Morgan fingerprint density at radius 1 is 1.27 bits per heavy atom. The number of rotatable bonds is 3. The van der Waals surface area contributed by atoms with E-state index in [0.29, 0.717) is 12.1 Å². The molecule has 2 nitrogen and oxygen atoms in total. The van der Waals surface area contributed by atoms with Crippen molar-refractivity contribution in [1.82, 2.24) is 4.90 Å². The lowest BCUT2D eigenvalue weighted by atomic mass is 10.1. The first kappa shape index (κ1) is 10.6. The lowest BCUT2D eigenvalue weighted by Gasteiger charge is -2.19. The fraction of sp³-hybridized carbons (Fsp3) is 0.500. The molecular weight excluding hydrogens is 193 g/mol. The molecule has 0 spiro atoms. The van der Waals surface area contributed by atoms with Crippen LogP contribution in [-0.2, 0) is 0 Å². The van der Waals surface area contributed by atoms with Gasteiger partial charge in [-0.15, -0.1) is 0 Å². The number of benzene rings is 1. The van der Waals surface area contributed by atoms with E-state index < -0.39 is 6.10 Å². The molecule has 0 amide bonds. The topological polar surface area (TPSA) is 23.5 Å². The SMILES string of the molecule is OC(CN1CCCC1)c1ccccc1F. The summed E-state index contributed by atoms with van der Waals surface area (Å²) in [4.78, 5) is 2.18. The summed E-state index contributed by atoms with van der Waals surface area (Å²) in [7, 11) is 0. The van der Waals surface area contributed by atoms with Crippen molar-refractivity contribution in [1.29, 1.82) is 0 Å². The summed E-state index contributed by atoms with van der Waals surface area (Å²) in [5, 5.41) is 9.88. The number of aliphatic hydroxyl groups is 1. The number of hydrogen-bond acceptors (Lipinski definition) is 2. The van der Waals surface area contributed by atoms with Crippen LogP contribution in [-0.4, -0.2) is 29.6 Å². The van der Waals surface area contributed by atoms with Crippen LogP contribution in [0.15, 0.2) is 24.3 Å². The minimum atomic E-state index is -0.704. The summed E-state index contributed by atoms with van der Waals surface area (Å²) < 4.78 is 13.3. The monoisotopic (exact) mass is 209 g/mol. The van der Waals surface area contributed by atoms with E-state index in [1.54, 1.807) is 18.2 Å². The Hall–Kier alpha value is -0.930. The molecule has 1 aromatic carbocycles. The van der Waals surface area contributed by atoms with Crippen LogP contribution in [0.2, 0.25) is 0 Å². The molecule has 1 unspecified atom stereocenters. The third-order valence-corrected chi connectivity index (χ3v) is 2.89. The van der Waals surface area contributed by atoms with Crippen LogP contribution in [0.25, 0.3) is 0 Å². The summed E-state index contributed by atoms with van der Waals surface area (Å²) in [6.45, 7) is 2.58. The Kier molecular flexibility index (Phi) is 3.34. The molecular formula is C12H16FNO. The summed E-state index contributed by atoms with van der Waals surface area (Å²) >= 11 is 0. The Morgan fingerprint density at radius 2 is 1.93 bits per heavy atom. The molecule has 1 heterocycles. The zero-order valence-electron chi connectivity index (χ0n) is 8.69. The van der Waals surface area contributed by atoms with Gasteiger partial charge in [0.1, 0.15) is 5.82 Å². The van der Waals surface area contributed by atoms with Gasteiger partial charge in [-0.1, -0.05) is 18.2 Å². The average molecular weight is 209 g/mol. The number of aliphatic hydroxyl groups excluding tert-OH is 1. The molecule has 82 valence electrons. The molecule has 1 fully saturated rings. The summed E-state index contributed by atoms with van der Waals surface area (Å²) in [5.41, 5.74) is 0.407. The number of β-amino-alcohol motifs (C(OH)–C–C–N with tert-alkyl or cyclic N) is 1. The first-order valence-electron chi connectivity index (χ1n) is 5.42. The largest absolute Gasteiger partial charge is 0.387 e. The molecule has 0 radical (unpaired) electrons. The second-order valence-corrected chi connectivity index (χ2v) is 4.05. The molecule has 1 aliphatic heterocycles. The molecule has 3 heteroatoms. The van der Waals surface area contributed by atoms with E-state index in [0.717, 1.165) is 13.1 Å². The van der Waals surface area contributed by atoms with Crippen molar-refractivity contribution in [2.45, 2.75) is 18.9 Å². The van der Waals surface area contributed by atoms with Gasteiger partial charge in [0.25, 0.3) is 0 Å². The lowest BCUT2D eigenvalue weighted by molar-refractivity contribution is 0.123. The van der Waals surface area contributed by atoms with Gasteiger partial charge in [0.15, 0.2) is 0 Å². The Labute approximate surface area is 89.3 Å². The normalized spacial score (nSPS) is 19.3. The molecule has 2 rings (SSSR count). The van der Waals surface area contributed by atoms with Crippen molar-refractivity contribution in [2.24, 2.45) is 0 Å². The standard InChI is InChI=1S/C12H16FNO/c13-11-6-2-1-5-10(11)12(15)9-14-7-3-4-8-14/h1-2,5-6,12,15H,3-4,7-9H2. The van der Waals surface area contributed by atoms with E-state index in [2.05, 4.69) is 4.90 Å². The molecule has 0 aliphatic carbocycles. The highest BCUT2D eigenvalue weighted by Gasteiger charge is 2.18. The van der Waals surface area contributed by atoms with Gasteiger partial charge in [0.05, 0.1) is 6.10 Å². The van der Waals surface area contributed by atoms with E-state index >= 15 is 0 Å². The van der Waals surface area contributed by atoms with E-state index in [1.165, 1.54) is 18.9 Å². The maximum absolute atomic E-state index is 13.3. The zero-order valence-corrected chi connectivity index (χ0v) is 8.69. The van der Waals surface area contributed by atoms with Crippen LogP contribution < -0.4 is 0 Å². The highest BCUT2D eigenvalue weighted by molar-refractivity contribution is 5.20. The third-order valence-electron chi connectivity index (χ3n) is 2.89. The van der Waals surface area contributed by atoms with Gasteiger partial charge >= 0.3 is 0 Å².